The highest BCUT2D eigenvalue weighted by Crippen LogP contribution is 2.13. The monoisotopic (exact) mass is 304 g/mol. The molecule has 0 saturated carbocycles. The van der Waals surface area contributed by atoms with E-state index in [1.165, 1.54) is 13.3 Å². The molecule has 0 saturated heterocycles. The Bertz CT molecular complexity index is 666. The van der Waals surface area contributed by atoms with E-state index < -0.39 is 0 Å². The predicted molar refractivity (Wildman–Crippen MR) is 80.3 cm³/mol. The molecule has 2 aromatic heterocycles. The van der Waals surface area contributed by atoms with E-state index in [4.69, 9.17) is 4.74 Å². The molecule has 22 heavy (non-hydrogen) atoms. The number of nitrogens with zero attached hydrogens (tertiary/aromatic N) is 3. The number of carbonyl (C=O) groups is 2. The maximum absolute atomic E-state index is 12.3. The number of hydrogen-bond donors (Lipinski definition) is 1. The van der Waals surface area contributed by atoms with Gasteiger partial charge in [-0.05, 0) is 12.3 Å². The Hall–Kier alpha value is -2.44. The second-order valence-electron chi connectivity index (χ2n) is 5.49. The number of aromatic nitrogens is 3. The Morgan fingerprint density at radius 2 is 1.95 bits per heavy atom. The van der Waals surface area contributed by atoms with E-state index in [1.807, 2.05) is 13.8 Å². The van der Waals surface area contributed by atoms with Crippen LogP contribution in [0.4, 0.5) is 0 Å². The number of nitrogens with one attached hydrogen (secondary N) is 1. The maximum atomic E-state index is 12.3. The number of methoxy groups -OCH3 is 1. The van der Waals surface area contributed by atoms with Crippen LogP contribution in [0.1, 0.15) is 30.8 Å². The molecule has 2 aromatic rings. The molecule has 1 amide bonds. The van der Waals surface area contributed by atoms with Crippen molar-refractivity contribution in [2.45, 2.75) is 20.3 Å². The normalized spacial score (nSPS) is 12.4. The lowest BCUT2D eigenvalue weighted by atomic mass is 9.97. The van der Waals surface area contributed by atoms with E-state index in [1.54, 1.807) is 23.0 Å². The van der Waals surface area contributed by atoms with Crippen LogP contribution in [-0.2, 0) is 9.53 Å². The van der Waals surface area contributed by atoms with Crippen LogP contribution in [-0.4, -0.2) is 39.9 Å². The summed E-state index contributed by atoms with van der Waals surface area (Å²) in [6, 6.07) is 0. The van der Waals surface area contributed by atoms with Crippen molar-refractivity contribution >= 4 is 17.5 Å². The van der Waals surface area contributed by atoms with Gasteiger partial charge in [0.25, 0.3) is 5.91 Å². The second kappa shape index (κ2) is 7.02. The Labute approximate surface area is 128 Å². The van der Waals surface area contributed by atoms with Gasteiger partial charge in [0.2, 0.25) is 0 Å². The number of carbonyl (C=O) groups excluding carboxylic acids is 2. The van der Waals surface area contributed by atoms with Crippen LogP contribution < -0.4 is 5.32 Å². The number of imidazole rings is 1. The number of fused-ring (bicyclic) bond motifs is 1. The molecule has 1 N–H and O–H groups in total. The summed E-state index contributed by atoms with van der Waals surface area (Å²) in [4.78, 5) is 32.2. The van der Waals surface area contributed by atoms with Crippen molar-refractivity contribution in [2.24, 2.45) is 11.8 Å². The fourth-order valence-corrected chi connectivity index (χ4v) is 2.31. The molecule has 7 heteroatoms. The molecule has 2 heterocycles. The first kappa shape index (κ1) is 15.9. The summed E-state index contributed by atoms with van der Waals surface area (Å²) in [6.07, 6.45) is 7.24. The van der Waals surface area contributed by atoms with E-state index in [0.717, 1.165) is 0 Å². The smallest absolute Gasteiger partial charge is 0.310 e. The van der Waals surface area contributed by atoms with Crippen molar-refractivity contribution in [3.8, 4) is 0 Å². The zero-order valence-corrected chi connectivity index (χ0v) is 12.9. The lowest BCUT2D eigenvalue weighted by Gasteiger charge is -2.17. The van der Waals surface area contributed by atoms with Gasteiger partial charge in [0.05, 0.1) is 13.0 Å². The third-order valence-corrected chi connectivity index (χ3v) is 3.33. The topological polar surface area (TPSA) is 85.6 Å². The number of ether oxygens (including phenoxy) is 1. The van der Waals surface area contributed by atoms with Crippen LogP contribution in [0.3, 0.4) is 0 Å². The highest BCUT2D eigenvalue weighted by atomic mass is 16.5. The van der Waals surface area contributed by atoms with Crippen molar-refractivity contribution in [3.63, 3.8) is 0 Å². The molecule has 0 fully saturated rings. The molecule has 0 bridgehead atoms. The molecular formula is C15H20N4O3. The summed E-state index contributed by atoms with van der Waals surface area (Å²) in [6.45, 7) is 4.25. The van der Waals surface area contributed by atoms with Gasteiger partial charge in [-0.1, -0.05) is 13.8 Å². The van der Waals surface area contributed by atoms with Crippen molar-refractivity contribution in [1.82, 2.24) is 19.7 Å². The zero-order valence-electron chi connectivity index (χ0n) is 12.9. The van der Waals surface area contributed by atoms with E-state index in [9.17, 15) is 9.59 Å². The van der Waals surface area contributed by atoms with E-state index in [-0.39, 0.29) is 30.0 Å². The van der Waals surface area contributed by atoms with Crippen molar-refractivity contribution in [3.05, 3.63) is 30.5 Å². The standard InChI is InChI=1S/C15H20N4O3/c1-10(2)8-11(15(21)22-3)9-18-14(20)12-13-17-5-7-19(13)6-4-16-12/h4-7,10-11H,8-9H2,1-3H3,(H,18,20)/t11-/m1/s1. The quantitative estimate of drug-likeness (QED) is 0.813. The van der Waals surface area contributed by atoms with Crippen LogP contribution >= 0.6 is 0 Å². The fraction of sp³-hybridized carbons (Fsp3) is 0.467. The summed E-state index contributed by atoms with van der Waals surface area (Å²) in [5, 5.41) is 2.75. The molecule has 1 atom stereocenters. The van der Waals surface area contributed by atoms with Gasteiger partial charge < -0.3 is 14.5 Å². The minimum absolute atomic E-state index is 0.215. The Morgan fingerprint density at radius 1 is 1.27 bits per heavy atom. The van der Waals surface area contributed by atoms with Crippen LogP contribution in [0.2, 0.25) is 0 Å². The van der Waals surface area contributed by atoms with Crippen molar-refractivity contribution in [1.29, 1.82) is 0 Å². The van der Waals surface area contributed by atoms with E-state index in [0.29, 0.717) is 18.0 Å². The molecule has 2 rings (SSSR count). The largest absolute Gasteiger partial charge is 0.469 e. The van der Waals surface area contributed by atoms with Gasteiger partial charge in [0.15, 0.2) is 11.3 Å². The molecule has 7 nitrogen and oxygen atoms in total. The minimum Gasteiger partial charge on any atom is -0.469 e. The van der Waals surface area contributed by atoms with Gasteiger partial charge in [-0.3, -0.25) is 9.59 Å². The average Bonchev–Trinajstić information content (AvgIpc) is 2.98. The predicted octanol–water partition coefficient (Wildman–Crippen LogP) is 1.29. The Balaban J connectivity index is 2.07. The van der Waals surface area contributed by atoms with Crippen molar-refractivity contribution in [2.75, 3.05) is 13.7 Å². The zero-order chi connectivity index (χ0) is 16.1. The summed E-state index contributed by atoms with van der Waals surface area (Å²) in [5.74, 6) is -0.710. The fourth-order valence-electron chi connectivity index (χ4n) is 2.31. The summed E-state index contributed by atoms with van der Waals surface area (Å²) < 4.78 is 6.50. The lowest BCUT2D eigenvalue weighted by molar-refractivity contribution is -0.145. The average molecular weight is 304 g/mol. The first-order valence-electron chi connectivity index (χ1n) is 7.16. The Morgan fingerprint density at radius 3 is 2.59 bits per heavy atom. The number of amides is 1. The maximum Gasteiger partial charge on any atom is 0.310 e. The minimum atomic E-state index is -0.367. The summed E-state index contributed by atoms with van der Waals surface area (Å²) >= 11 is 0. The number of rotatable bonds is 6. The summed E-state index contributed by atoms with van der Waals surface area (Å²) in [7, 11) is 1.35. The van der Waals surface area contributed by atoms with Gasteiger partial charge >= 0.3 is 5.97 Å². The van der Waals surface area contributed by atoms with E-state index in [2.05, 4.69) is 15.3 Å². The third-order valence-electron chi connectivity index (χ3n) is 3.33. The molecule has 0 aliphatic rings. The van der Waals surface area contributed by atoms with Crippen LogP contribution in [0.15, 0.2) is 24.8 Å². The Kier molecular flexibility index (Phi) is 5.08. The van der Waals surface area contributed by atoms with Crippen LogP contribution in [0.5, 0.6) is 0 Å². The van der Waals surface area contributed by atoms with Gasteiger partial charge in [0, 0.05) is 31.3 Å². The van der Waals surface area contributed by atoms with Gasteiger partial charge in [-0.15, -0.1) is 0 Å². The van der Waals surface area contributed by atoms with Gasteiger partial charge in [-0.2, -0.15) is 0 Å². The molecule has 0 spiro atoms. The molecule has 0 radical (unpaired) electrons. The lowest BCUT2D eigenvalue weighted by Crippen LogP contribution is -2.35. The van der Waals surface area contributed by atoms with Gasteiger partial charge in [-0.25, -0.2) is 9.97 Å². The molecule has 0 unspecified atom stereocenters. The highest BCUT2D eigenvalue weighted by molar-refractivity contribution is 5.97. The SMILES string of the molecule is COC(=O)[C@@H](CNC(=O)c1nccn2ccnc12)CC(C)C. The number of hydrogen-bond acceptors (Lipinski definition) is 5. The second-order valence-corrected chi connectivity index (χ2v) is 5.49. The molecule has 0 aromatic carbocycles. The molecule has 0 aliphatic heterocycles. The molecular weight excluding hydrogens is 284 g/mol. The molecule has 0 aliphatic carbocycles. The first-order valence-corrected chi connectivity index (χ1v) is 7.16. The number of esters is 1. The van der Waals surface area contributed by atoms with E-state index >= 15 is 0 Å². The summed E-state index contributed by atoms with van der Waals surface area (Å²) in [5.41, 5.74) is 0.721. The first-order chi connectivity index (χ1) is 10.5. The third kappa shape index (κ3) is 3.60. The highest BCUT2D eigenvalue weighted by Gasteiger charge is 2.22. The molecule has 118 valence electrons. The van der Waals surface area contributed by atoms with Gasteiger partial charge in [0.1, 0.15) is 0 Å². The van der Waals surface area contributed by atoms with Crippen LogP contribution in [0.25, 0.3) is 5.65 Å². The van der Waals surface area contributed by atoms with Crippen molar-refractivity contribution < 1.29 is 14.3 Å². The van der Waals surface area contributed by atoms with Crippen LogP contribution in [0, 0.1) is 11.8 Å².